The molecule has 2 aromatic rings. The Morgan fingerprint density at radius 1 is 0.531 bits per heavy atom. The van der Waals surface area contributed by atoms with Crippen molar-refractivity contribution in [2.45, 2.75) is 50.6 Å². The van der Waals surface area contributed by atoms with Gasteiger partial charge in [0.05, 0.1) is 0 Å². The molecule has 0 aromatic heterocycles. The van der Waals surface area contributed by atoms with E-state index in [1.807, 2.05) is 0 Å². The Kier molecular flexibility index (Phi) is 9.59. The molecule has 0 bridgehead atoms. The second-order valence-electron chi connectivity index (χ2n) is 9.56. The molecule has 4 nitrogen and oxygen atoms in total. The number of hydrogen-bond acceptors (Lipinski definition) is 4. The number of rotatable bonds is 11. The van der Waals surface area contributed by atoms with Gasteiger partial charge in [0.1, 0.15) is 0 Å². The summed E-state index contributed by atoms with van der Waals surface area (Å²) in [4.78, 5) is 5.29. The van der Waals surface area contributed by atoms with E-state index in [1.165, 1.54) is 75.8 Å². The summed E-state index contributed by atoms with van der Waals surface area (Å²) >= 11 is 0. The van der Waals surface area contributed by atoms with Crippen LogP contribution in [0.2, 0.25) is 0 Å². The molecule has 2 aliphatic heterocycles. The maximum absolute atomic E-state index is 3.88. The first-order chi connectivity index (χ1) is 15.9. The molecule has 2 fully saturated rings. The van der Waals surface area contributed by atoms with Gasteiger partial charge in [0.25, 0.3) is 0 Å². The largest absolute Gasteiger partial charge is 0.308 e. The average molecular weight is 435 g/mol. The molecular formula is C28H42N4. The molecule has 0 saturated carbocycles. The first-order valence-electron chi connectivity index (χ1n) is 12.9. The van der Waals surface area contributed by atoms with E-state index in [-0.39, 0.29) is 0 Å². The third-order valence-corrected chi connectivity index (χ3v) is 7.09. The van der Waals surface area contributed by atoms with Gasteiger partial charge in [0, 0.05) is 38.3 Å². The molecule has 0 unspecified atom stereocenters. The Labute approximate surface area is 195 Å². The van der Waals surface area contributed by atoms with Crippen LogP contribution in [0.15, 0.2) is 60.7 Å². The predicted molar refractivity (Wildman–Crippen MR) is 135 cm³/mol. The fourth-order valence-electron chi connectivity index (χ4n) is 5.24. The van der Waals surface area contributed by atoms with Crippen LogP contribution in [0.5, 0.6) is 0 Å². The minimum absolute atomic E-state index is 0.397. The predicted octanol–water partition coefficient (Wildman–Crippen LogP) is 4.62. The third kappa shape index (κ3) is 7.41. The molecule has 0 spiro atoms. The summed E-state index contributed by atoms with van der Waals surface area (Å²) in [5, 5.41) is 7.75. The van der Waals surface area contributed by atoms with E-state index in [2.05, 4.69) is 81.1 Å². The maximum Gasteiger partial charge on any atom is 0.0449 e. The summed E-state index contributed by atoms with van der Waals surface area (Å²) < 4.78 is 0. The van der Waals surface area contributed by atoms with Gasteiger partial charge in [-0.3, -0.25) is 0 Å². The Hall–Kier alpha value is -1.72. The van der Waals surface area contributed by atoms with E-state index in [4.69, 9.17) is 0 Å². The Bertz CT molecular complexity index is 673. The minimum atomic E-state index is 0.397. The van der Waals surface area contributed by atoms with E-state index in [1.54, 1.807) is 0 Å². The maximum atomic E-state index is 3.88. The number of hydrogen-bond donors (Lipinski definition) is 2. The van der Waals surface area contributed by atoms with Crippen molar-refractivity contribution in [3.05, 3.63) is 71.8 Å². The lowest BCUT2D eigenvalue weighted by molar-refractivity contribution is 0.200. The molecule has 0 radical (unpaired) electrons. The van der Waals surface area contributed by atoms with Gasteiger partial charge in [-0.2, -0.15) is 0 Å². The van der Waals surface area contributed by atoms with Crippen LogP contribution in [0.3, 0.4) is 0 Å². The van der Waals surface area contributed by atoms with Crippen LogP contribution in [0.4, 0.5) is 0 Å². The molecular weight excluding hydrogens is 392 g/mol. The molecule has 2 aliphatic rings. The van der Waals surface area contributed by atoms with Gasteiger partial charge < -0.3 is 20.4 Å². The van der Waals surface area contributed by atoms with Crippen molar-refractivity contribution in [2.75, 3.05) is 52.4 Å². The fourth-order valence-corrected chi connectivity index (χ4v) is 5.24. The average Bonchev–Trinajstić information content (AvgIpc) is 2.87. The van der Waals surface area contributed by atoms with Crippen LogP contribution in [-0.4, -0.2) is 62.2 Å². The van der Waals surface area contributed by atoms with Crippen LogP contribution in [0.1, 0.15) is 61.7 Å². The number of benzene rings is 2. The molecule has 32 heavy (non-hydrogen) atoms. The third-order valence-electron chi connectivity index (χ3n) is 7.09. The summed E-state index contributed by atoms with van der Waals surface area (Å²) in [6, 6.07) is 22.8. The zero-order valence-electron chi connectivity index (χ0n) is 19.7. The standard InChI is InChI=1S/C28H42N4/c1-5-13-25(14-6-1)27(23-31-19-9-3-10-20-31)29-17-18-30-28(26-15-7-2-8-16-26)24-32-21-11-4-12-22-32/h1-2,5-8,13-16,27-30H,3-4,9-12,17-24H2/t27-,28-/m1/s1. The van der Waals surface area contributed by atoms with Crippen LogP contribution in [-0.2, 0) is 0 Å². The van der Waals surface area contributed by atoms with E-state index >= 15 is 0 Å². The van der Waals surface area contributed by atoms with Gasteiger partial charge in [-0.05, 0) is 63.0 Å². The highest BCUT2D eigenvalue weighted by atomic mass is 15.2. The van der Waals surface area contributed by atoms with Crippen molar-refractivity contribution in [1.82, 2.24) is 20.4 Å². The highest BCUT2D eigenvalue weighted by Gasteiger charge is 2.19. The summed E-state index contributed by atoms with van der Waals surface area (Å²) in [6.07, 6.45) is 8.16. The Morgan fingerprint density at radius 2 is 0.906 bits per heavy atom. The lowest BCUT2D eigenvalue weighted by atomic mass is 10.0. The van der Waals surface area contributed by atoms with Crippen molar-refractivity contribution < 1.29 is 0 Å². The number of piperidine rings is 2. The van der Waals surface area contributed by atoms with Crippen LogP contribution in [0.25, 0.3) is 0 Å². The van der Waals surface area contributed by atoms with Crippen LogP contribution >= 0.6 is 0 Å². The molecule has 174 valence electrons. The number of nitrogens with zero attached hydrogens (tertiary/aromatic N) is 2. The monoisotopic (exact) mass is 434 g/mol. The van der Waals surface area contributed by atoms with Crippen LogP contribution in [0, 0.1) is 0 Å². The van der Waals surface area contributed by atoms with E-state index in [0.717, 1.165) is 26.2 Å². The number of likely N-dealkylation sites (tertiary alicyclic amines) is 2. The van der Waals surface area contributed by atoms with Crippen molar-refractivity contribution in [2.24, 2.45) is 0 Å². The van der Waals surface area contributed by atoms with Gasteiger partial charge >= 0.3 is 0 Å². The molecule has 2 saturated heterocycles. The zero-order chi connectivity index (χ0) is 21.8. The molecule has 0 aliphatic carbocycles. The molecule has 4 rings (SSSR count). The van der Waals surface area contributed by atoms with Gasteiger partial charge in [0.15, 0.2) is 0 Å². The van der Waals surface area contributed by atoms with Gasteiger partial charge in [-0.15, -0.1) is 0 Å². The molecule has 2 atom stereocenters. The molecule has 2 N–H and O–H groups in total. The normalized spacial score (nSPS) is 20.1. The molecule has 4 heteroatoms. The highest BCUT2D eigenvalue weighted by molar-refractivity contribution is 5.20. The van der Waals surface area contributed by atoms with Gasteiger partial charge in [0.2, 0.25) is 0 Å². The van der Waals surface area contributed by atoms with Gasteiger partial charge in [-0.1, -0.05) is 73.5 Å². The number of nitrogens with one attached hydrogen (secondary N) is 2. The highest BCUT2D eigenvalue weighted by Crippen LogP contribution is 2.19. The molecule has 0 amide bonds. The van der Waals surface area contributed by atoms with E-state index in [0.29, 0.717) is 12.1 Å². The molecule has 2 heterocycles. The molecule has 2 aromatic carbocycles. The van der Waals surface area contributed by atoms with Crippen LogP contribution < -0.4 is 10.6 Å². The lowest BCUT2D eigenvalue weighted by Crippen LogP contribution is -2.42. The van der Waals surface area contributed by atoms with E-state index < -0.39 is 0 Å². The Balaban J connectivity index is 1.31. The topological polar surface area (TPSA) is 30.5 Å². The first-order valence-corrected chi connectivity index (χ1v) is 12.9. The smallest absolute Gasteiger partial charge is 0.0449 e. The van der Waals surface area contributed by atoms with Gasteiger partial charge in [-0.25, -0.2) is 0 Å². The second-order valence-corrected chi connectivity index (χ2v) is 9.56. The summed E-state index contributed by atoms with van der Waals surface area (Å²) in [5.74, 6) is 0. The summed E-state index contributed by atoms with van der Waals surface area (Å²) in [7, 11) is 0. The zero-order valence-corrected chi connectivity index (χ0v) is 19.7. The van der Waals surface area contributed by atoms with Crippen molar-refractivity contribution in [3.63, 3.8) is 0 Å². The Morgan fingerprint density at radius 3 is 1.28 bits per heavy atom. The van der Waals surface area contributed by atoms with Crippen molar-refractivity contribution >= 4 is 0 Å². The quantitative estimate of drug-likeness (QED) is 0.505. The van der Waals surface area contributed by atoms with E-state index in [9.17, 15) is 0 Å². The van der Waals surface area contributed by atoms with Crippen molar-refractivity contribution in [3.8, 4) is 0 Å². The SMILES string of the molecule is c1ccc([C@@H](CN2CCCCC2)NCCN[C@H](CN2CCCCC2)c2ccccc2)cc1. The lowest BCUT2D eigenvalue weighted by Gasteiger charge is -2.32. The first kappa shape index (κ1) is 23.4. The van der Waals surface area contributed by atoms with Crippen molar-refractivity contribution in [1.29, 1.82) is 0 Å². The second kappa shape index (κ2) is 13.1. The fraction of sp³-hybridized carbons (Fsp3) is 0.571. The summed E-state index contributed by atoms with van der Waals surface area (Å²) in [6.45, 7) is 9.17. The minimum Gasteiger partial charge on any atom is -0.308 e. The summed E-state index contributed by atoms with van der Waals surface area (Å²) in [5.41, 5.74) is 2.82.